The van der Waals surface area contributed by atoms with E-state index in [2.05, 4.69) is 0 Å². The lowest BCUT2D eigenvalue weighted by molar-refractivity contribution is 0.0318. The molecule has 166 valence electrons. The van der Waals surface area contributed by atoms with Gasteiger partial charge < -0.3 is 4.74 Å². The molecule has 1 atom stereocenters. The Morgan fingerprint density at radius 1 is 0.818 bits per heavy atom. The number of Topliss-reactive ketones (excluding diaryl/α,β-unsaturated/α-hetero) is 1. The number of hydrogen-bond donors (Lipinski definition) is 0. The zero-order valence-electron chi connectivity index (χ0n) is 17.6. The Labute approximate surface area is 199 Å². The first-order valence-corrected chi connectivity index (χ1v) is 10.7. The molecule has 0 N–H and O–H groups in total. The number of ether oxygens (including phenoxy) is 1. The minimum atomic E-state index is -1.03. The van der Waals surface area contributed by atoms with Gasteiger partial charge in [-0.05, 0) is 50.2 Å². The van der Waals surface area contributed by atoms with Crippen molar-refractivity contribution >= 4 is 52.5 Å². The van der Waals surface area contributed by atoms with Crippen molar-refractivity contribution in [2.45, 2.75) is 20.0 Å². The molecule has 0 unspecified atom stereocenters. The number of imide groups is 1. The number of carbonyl (C=O) groups excluding carboxylic acids is 4. The summed E-state index contributed by atoms with van der Waals surface area (Å²) in [5, 5.41) is 0.485. The normalized spacial score (nSPS) is 13.6. The second-order valence-electron chi connectivity index (χ2n) is 7.58. The maximum atomic E-state index is 12.9. The Bertz CT molecular complexity index is 1320. The van der Waals surface area contributed by atoms with Gasteiger partial charge >= 0.3 is 5.97 Å². The van der Waals surface area contributed by atoms with Gasteiger partial charge in [0.2, 0.25) is 5.78 Å². The van der Waals surface area contributed by atoms with Crippen molar-refractivity contribution in [3.05, 3.63) is 98.5 Å². The Balaban J connectivity index is 1.55. The second-order valence-corrected chi connectivity index (χ2v) is 8.40. The highest BCUT2D eigenvalue weighted by atomic mass is 35.5. The number of rotatable bonds is 5. The first kappa shape index (κ1) is 22.7. The third-order valence-corrected chi connectivity index (χ3v) is 6.01. The second kappa shape index (κ2) is 8.81. The number of nitrogens with zero attached hydrogens (tertiary/aromatic N) is 1. The van der Waals surface area contributed by atoms with Crippen LogP contribution in [0.3, 0.4) is 0 Å². The van der Waals surface area contributed by atoms with Gasteiger partial charge in [-0.15, -0.1) is 0 Å². The standard InChI is InChI=1S/C25H17Cl2NO5/c1-13-3-5-15(6-4-13)22(29)14(2)33-25(32)16-7-9-18-19(11-16)24(31)28(23(18)30)17-8-10-20(26)21(27)12-17/h3-12,14H,1-2H3/t14-/m0/s1. The number of carbonyl (C=O) groups is 4. The molecule has 0 spiro atoms. The predicted octanol–water partition coefficient (Wildman–Crippen LogP) is 5.53. The van der Waals surface area contributed by atoms with Crippen LogP contribution in [0.15, 0.2) is 60.7 Å². The zero-order chi connectivity index (χ0) is 23.9. The number of amides is 2. The van der Waals surface area contributed by atoms with E-state index in [0.29, 0.717) is 5.56 Å². The van der Waals surface area contributed by atoms with Gasteiger partial charge in [-0.2, -0.15) is 0 Å². The summed E-state index contributed by atoms with van der Waals surface area (Å²) < 4.78 is 5.31. The molecule has 1 heterocycles. The lowest BCUT2D eigenvalue weighted by atomic mass is 10.0. The first-order chi connectivity index (χ1) is 15.7. The smallest absolute Gasteiger partial charge is 0.338 e. The Hall–Kier alpha value is -3.48. The average Bonchev–Trinajstić information content (AvgIpc) is 3.05. The molecule has 1 aliphatic heterocycles. The van der Waals surface area contributed by atoms with E-state index in [4.69, 9.17) is 27.9 Å². The van der Waals surface area contributed by atoms with Gasteiger partial charge in [-0.1, -0.05) is 53.0 Å². The van der Waals surface area contributed by atoms with Gasteiger partial charge in [0.25, 0.3) is 11.8 Å². The number of aryl methyl sites for hydroxylation is 1. The number of halogens is 2. The van der Waals surface area contributed by atoms with E-state index < -0.39 is 23.9 Å². The number of benzene rings is 3. The summed E-state index contributed by atoms with van der Waals surface area (Å²) in [4.78, 5) is 51.9. The lowest BCUT2D eigenvalue weighted by Gasteiger charge is -2.14. The fourth-order valence-corrected chi connectivity index (χ4v) is 3.75. The van der Waals surface area contributed by atoms with Gasteiger partial charge in [0.15, 0.2) is 6.10 Å². The molecule has 6 nitrogen and oxygen atoms in total. The lowest BCUT2D eigenvalue weighted by Crippen LogP contribution is -2.29. The van der Waals surface area contributed by atoms with E-state index in [0.717, 1.165) is 10.5 Å². The molecule has 0 bridgehead atoms. The fourth-order valence-electron chi connectivity index (χ4n) is 3.46. The van der Waals surface area contributed by atoms with Crippen molar-refractivity contribution in [2.75, 3.05) is 4.90 Å². The van der Waals surface area contributed by atoms with Crippen LogP contribution in [-0.2, 0) is 4.74 Å². The number of esters is 1. The highest BCUT2D eigenvalue weighted by Crippen LogP contribution is 2.33. The SMILES string of the molecule is Cc1ccc(C(=O)[C@H](C)OC(=O)c2ccc3c(c2)C(=O)N(c2ccc(Cl)c(Cl)c2)C3=O)cc1. The Morgan fingerprint density at radius 3 is 2.12 bits per heavy atom. The van der Waals surface area contributed by atoms with Crippen LogP contribution in [0.1, 0.15) is 53.9 Å². The third kappa shape index (κ3) is 4.27. The molecule has 1 aliphatic rings. The van der Waals surface area contributed by atoms with Gasteiger partial charge in [0.1, 0.15) is 0 Å². The highest BCUT2D eigenvalue weighted by molar-refractivity contribution is 6.42. The summed E-state index contributed by atoms with van der Waals surface area (Å²) >= 11 is 11.9. The van der Waals surface area contributed by atoms with Gasteiger partial charge in [0.05, 0.1) is 32.4 Å². The van der Waals surface area contributed by atoms with Crippen LogP contribution in [0.4, 0.5) is 5.69 Å². The van der Waals surface area contributed by atoms with Crippen molar-refractivity contribution in [1.82, 2.24) is 0 Å². The molecule has 3 aromatic rings. The molecule has 0 fully saturated rings. The van der Waals surface area contributed by atoms with Crippen LogP contribution in [0.2, 0.25) is 10.0 Å². The third-order valence-electron chi connectivity index (χ3n) is 5.27. The molecule has 4 rings (SSSR count). The highest BCUT2D eigenvalue weighted by Gasteiger charge is 2.37. The molecular weight excluding hydrogens is 465 g/mol. The molecule has 8 heteroatoms. The van der Waals surface area contributed by atoms with Crippen LogP contribution >= 0.6 is 23.2 Å². The van der Waals surface area contributed by atoms with Gasteiger partial charge in [-0.3, -0.25) is 14.4 Å². The molecular formula is C25H17Cl2NO5. The van der Waals surface area contributed by atoms with Gasteiger partial charge in [-0.25, -0.2) is 9.69 Å². The molecule has 3 aromatic carbocycles. The predicted molar refractivity (Wildman–Crippen MR) is 124 cm³/mol. The van der Waals surface area contributed by atoms with E-state index in [1.807, 2.05) is 6.92 Å². The van der Waals surface area contributed by atoms with E-state index in [1.54, 1.807) is 24.3 Å². The van der Waals surface area contributed by atoms with E-state index in [9.17, 15) is 19.2 Å². The summed E-state index contributed by atoms with van der Waals surface area (Å²) in [6, 6.07) is 15.4. The molecule has 0 aliphatic carbocycles. The molecule has 33 heavy (non-hydrogen) atoms. The summed E-state index contributed by atoms with van der Waals surface area (Å²) in [5.41, 5.74) is 1.94. The van der Waals surface area contributed by atoms with E-state index >= 15 is 0 Å². The van der Waals surface area contributed by atoms with Crippen LogP contribution in [-0.4, -0.2) is 29.7 Å². The Kier molecular flexibility index (Phi) is 6.06. The molecule has 0 aromatic heterocycles. The number of fused-ring (bicyclic) bond motifs is 1. The zero-order valence-corrected chi connectivity index (χ0v) is 19.1. The molecule has 0 saturated carbocycles. The maximum absolute atomic E-state index is 12.9. The summed E-state index contributed by atoms with van der Waals surface area (Å²) in [7, 11) is 0. The van der Waals surface area contributed by atoms with Crippen LogP contribution in [0, 0.1) is 6.92 Å². The fraction of sp³-hybridized carbons (Fsp3) is 0.120. The Morgan fingerprint density at radius 2 is 1.45 bits per heavy atom. The minimum absolute atomic E-state index is 0.0504. The number of anilines is 1. The molecule has 0 radical (unpaired) electrons. The van der Waals surface area contributed by atoms with Crippen LogP contribution in [0.5, 0.6) is 0 Å². The average molecular weight is 482 g/mol. The van der Waals surface area contributed by atoms with Crippen LogP contribution in [0.25, 0.3) is 0 Å². The maximum Gasteiger partial charge on any atom is 0.338 e. The minimum Gasteiger partial charge on any atom is -0.451 e. The van der Waals surface area contributed by atoms with Crippen molar-refractivity contribution in [3.63, 3.8) is 0 Å². The summed E-state index contributed by atoms with van der Waals surface area (Å²) in [6.07, 6.45) is -1.03. The van der Waals surface area contributed by atoms with Crippen molar-refractivity contribution in [1.29, 1.82) is 0 Å². The van der Waals surface area contributed by atoms with Gasteiger partial charge in [0, 0.05) is 5.56 Å². The first-order valence-electron chi connectivity index (χ1n) is 9.97. The van der Waals surface area contributed by atoms with Crippen molar-refractivity contribution in [2.24, 2.45) is 0 Å². The summed E-state index contributed by atoms with van der Waals surface area (Å²) in [5.74, 6) is -2.27. The molecule has 0 saturated heterocycles. The molecule has 2 amide bonds. The quantitative estimate of drug-likeness (QED) is 0.271. The number of ketones is 1. The monoisotopic (exact) mass is 481 g/mol. The van der Waals surface area contributed by atoms with Crippen molar-refractivity contribution in [3.8, 4) is 0 Å². The summed E-state index contributed by atoms with van der Waals surface area (Å²) in [6.45, 7) is 3.38. The number of hydrogen-bond acceptors (Lipinski definition) is 5. The van der Waals surface area contributed by atoms with Crippen molar-refractivity contribution < 1.29 is 23.9 Å². The topological polar surface area (TPSA) is 80.8 Å². The van der Waals surface area contributed by atoms with E-state index in [1.165, 1.54) is 43.3 Å². The van der Waals surface area contributed by atoms with Crippen LogP contribution < -0.4 is 4.90 Å². The largest absolute Gasteiger partial charge is 0.451 e. The van der Waals surface area contributed by atoms with E-state index in [-0.39, 0.29) is 38.2 Å².